The summed E-state index contributed by atoms with van der Waals surface area (Å²) in [6.45, 7) is 0. The zero-order valence-electron chi connectivity index (χ0n) is 11.5. The number of hydrogen-bond acceptors (Lipinski definition) is 3. The van der Waals surface area contributed by atoms with E-state index in [0.29, 0.717) is 5.25 Å². The fourth-order valence-electron chi connectivity index (χ4n) is 3.00. The Morgan fingerprint density at radius 2 is 2.05 bits per heavy atom. The van der Waals surface area contributed by atoms with E-state index < -0.39 is 0 Å². The first kappa shape index (κ1) is 14.2. The van der Waals surface area contributed by atoms with E-state index in [1.54, 1.807) is 7.05 Å². The Morgan fingerprint density at radius 3 is 2.75 bits per heavy atom. The second-order valence-corrected chi connectivity index (χ2v) is 7.21. The summed E-state index contributed by atoms with van der Waals surface area (Å²) in [6, 6.07) is 3.68. The zero-order chi connectivity index (χ0) is 14.1. The quantitative estimate of drug-likeness (QED) is 0.887. The number of benzene rings is 1. The van der Waals surface area contributed by atoms with Crippen molar-refractivity contribution in [2.45, 2.75) is 48.3 Å². The predicted octanol–water partition coefficient (Wildman–Crippen LogP) is 3.98. The maximum atomic E-state index is 11.9. The molecule has 1 saturated carbocycles. The average molecular weight is 311 g/mol. The molecule has 0 saturated heterocycles. The van der Waals surface area contributed by atoms with Gasteiger partial charge in [-0.05, 0) is 32.0 Å². The molecule has 1 aromatic carbocycles. The monoisotopic (exact) mass is 310 g/mol. The minimum atomic E-state index is -0.281. The maximum Gasteiger partial charge on any atom is 0.246 e. The Hall–Kier alpha value is -0.710. The van der Waals surface area contributed by atoms with Crippen LogP contribution in [0, 0.1) is 0 Å². The van der Waals surface area contributed by atoms with Crippen molar-refractivity contribution < 1.29 is 4.79 Å². The predicted molar refractivity (Wildman–Crippen MR) is 84.6 cm³/mol. The molecule has 1 aliphatic carbocycles. The highest BCUT2D eigenvalue weighted by molar-refractivity contribution is 8.00. The van der Waals surface area contributed by atoms with Crippen LogP contribution in [0.3, 0.4) is 0 Å². The highest BCUT2D eigenvalue weighted by Crippen LogP contribution is 2.42. The van der Waals surface area contributed by atoms with Crippen LogP contribution < -0.4 is 10.6 Å². The zero-order valence-corrected chi connectivity index (χ0v) is 13.1. The average Bonchev–Trinajstić information content (AvgIpc) is 2.75. The molecule has 1 aliphatic heterocycles. The van der Waals surface area contributed by atoms with Crippen LogP contribution in [-0.2, 0) is 4.79 Å². The van der Waals surface area contributed by atoms with Crippen molar-refractivity contribution in [2.24, 2.45) is 0 Å². The van der Waals surface area contributed by atoms with Crippen LogP contribution in [-0.4, -0.2) is 18.2 Å². The summed E-state index contributed by atoms with van der Waals surface area (Å²) >= 11 is 8.27. The van der Waals surface area contributed by atoms with Gasteiger partial charge in [0.1, 0.15) is 6.04 Å². The second-order valence-electron chi connectivity index (χ2n) is 5.46. The van der Waals surface area contributed by atoms with Gasteiger partial charge in [-0.2, -0.15) is 0 Å². The number of amides is 1. The summed E-state index contributed by atoms with van der Waals surface area (Å²) in [4.78, 5) is 12.9. The summed E-state index contributed by atoms with van der Waals surface area (Å²) in [5.41, 5.74) is 1.85. The largest absolute Gasteiger partial charge is 0.324 e. The number of fused-ring (bicyclic) bond motifs is 1. The molecule has 108 valence electrons. The van der Waals surface area contributed by atoms with E-state index in [0.717, 1.165) is 21.2 Å². The lowest BCUT2D eigenvalue weighted by Crippen LogP contribution is -2.23. The SMILES string of the molecule is CNC1C(=O)Nc2cc(SC3CCCCC3)c(Cl)cc21. The van der Waals surface area contributed by atoms with E-state index in [1.165, 1.54) is 32.1 Å². The Kier molecular flexibility index (Phi) is 4.24. The number of thioether (sulfide) groups is 1. The molecule has 0 radical (unpaired) electrons. The molecule has 0 aromatic heterocycles. The molecular formula is C15H19ClN2OS. The number of halogens is 1. The molecular weight excluding hydrogens is 292 g/mol. The molecule has 0 spiro atoms. The van der Waals surface area contributed by atoms with Crippen molar-refractivity contribution in [3.63, 3.8) is 0 Å². The van der Waals surface area contributed by atoms with Gasteiger partial charge in [-0.25, -0.2) is 0 Å². The van der Waals surface area contributed by atoms with Crippen LogP contribution >= 0.6 is 23.4 Å². The first-order chi connectivity index (χ1) is 9.69. The van der Waals surface area contributed by atoms with E-state index in [-0.39, 0.29) is 11.9 Å². The van der Waals surface area contributed by atoms with E-state index in [2.05, 4.69) is 10.6 Å². The number of anilines is 1. The second kappa shape index (κ2) is 5.96. The summed E-state index contributed by atoms with van der Waals surface area (Å²) in [6.07, 6.45) is 6.53. The van der Waals surface area contributed by atoms with Gasteiger partial charge in [0.2, 0.25) is 5.91 Å². The number of likely N-dealkylation sites (N-methyl/N-ethyl adjacent to an activating group) is 1. The fourth-order valence-corrected chi connectivity index (χ4v) is 4.59. The van der Waals surface area contributed by atoms with Gasteiger partial charge in [-0.1, -0.05) is 30.9 Å². The summed E-state index contributed by atoms with van der Waals surface area (Å²) < 4.78 is 0. The van der Waals surface area contributed by atoms with Crippen molar-refractivity contribution >= 4 is 35.0 Å². The third kappa shape index (κ3) is 2.69. The van der Waals surface area contributed by atoms with Crippen LogP contribution in [0.1, 0.15) is 43.7 Å². The van der Waals surface area contributed by atoms with Crippen LogP contribution in [0.5, 0.6) is 0 Å². The molecule has 2 N–H and O–H groups in total. The first-order valence-electron chi connectivity index (χ1n) is 7.17. The van der Waals surface area contributed by atoms with Crippen LogP contribution in [0.15, 0.2) is 17.0 Å². The maximum absolute atomic E-state index is 11.9. The van der Waals surface area contributed by atoms with Gasteiger partial charge in [0.05, 0.1) is 5.02 Å². The lowest BCUT2D eigenvalue weighted by atomic mass is 10.0. The number of hydrogen-bond donors (Lipinski definition) is 2. The number of nitrogens with one attached hydrogen (secondary N) is 2. The fraction of sp³-hybridized carbons (Fsp3) is 0.533. The molecule has 2 aliphatic rings. The summed E-state index contributed by atoms with van der Waals surface area (Å²) in [7, 11) is 1.79. The molecule has 1 amide bonds. The Bertz CT molecular complexity index is 529. The number of carbonyl (C=O) groups excluding carboxylic acids is 1. The van der Waals surface area contributed by atoms with Gasteiger partial charge in [-0.3, -0.25) is 4.79 Å². The van der Waals surface area contributed by atoms with Crippen molar-refractivity contribution in [2.75, 3.05) is 12.4 Å². The van der Waals surface area contributed by atoms with Gasteiger partial charge >= 0.3 is 0 Å². The molecule has 1 aromatic rings. The smallest absolute Gasteiger partial charge is 0.246 e. The summed E-state index contributed by atoms with van der Waals surface area (Å²) in [5, 5.41) is 7.37. The van der Waals surface area contributed by atoms with Gasteiger partial charge in [-0.15, -0.1) is 11.8 Å². The molecule has 5 heteroatoms. The third-order valence-electron chi connectivity index (χ3n) is 4.07. The normalized spacial score (nSPS) is 22.7. The van der Waals surface area contributed by atoms with Crippen LogP contribution in [0.25, 0.3) is 0 Å². The number of carbonyl (C=O) groups is 1. The lowest BCUT2D eigenvalue weighted by molar-refractivity contribution is -0.117. The van der Waals surface area contributed by atoms with Crippen molar-refractivity contribution in [1.29, 1.82) is 0 Å². The standard InChI is InChI=1S/C15H19ClN2OS/c1-17-14-10-7-11(16)13(8-12(10)18-15(14)19)20-9-5-3-2-4-6-9/h7-9,14,17H,2-6H2,1H3,(H,18,19). The van der Waals surface area contributed by atoms with Gasteiger partial charge in [0.15, 0.2) is 0 Å². The van der Waals surface area contributed by atoms with Gasteiger partial charge in [0.25, 0.3) is 0 Å². The first-order valence-corrected chi connectivity index (χ1v) is 8.43. The van der Waals surface area contributed by atoms with Crippen LogP contribution in [0.4, 0.5) is 5.69 Å². The Labute approximate surface area is 128 Å². The van der Waals surface area contributed by atoms with Gasteiger partial charge < -0.3 is 10.6 Å². The third-order valence-corrected chi connectivity index (χ3v) is 5.89. The summed E-state index contributed by atoms with van der Waals surface area (Å²) in [5.74, 6) is -0.00150. The van der Waals surface area contributed by atoms with E-state index >= 15 is 0 Å². The Morgan fingerprint density at radius 1 is 1.30 bits per heavy atom. The minimum absolute atomic E-state index is 0.00150. The van der Waals surface area contributed by atoms with Crippen LogP contribution in [0.2, 0.25) is 5.02 Å². The van der Waals surface area contributed by atoms with E-state index in [1.807, 2.05) is 23.9 Å². The highest BCUT2D eigenvalue weighted by atomic mass is 35.5. The van der Waals surface area contributed by atoms with E-state index in [4.69, 9.17) is 11.6 Å². The van der Waals surface area contributed by atoms with Crippen molar-refractivity contribution in [3.05, 3.63) is 22.7 Å². The Balaban J connectivity index is 1.83. The highest BCUT2D eigenvalue weighted by Gasteiger charge is 2.30. The molecule has 1 heterocycles. The lowest BCUT2D eigenvalue weighted by Gasteiger charge is -2.21. The molecule has 3 nitrogen and oxygen atoms in total. The molecule has 1 unspecified atom stereocenters. The minimum Gasteiger partial charge on any atom is -0.324 e. The van der Waals surface area contributed by atoms with Crippen molar-refractivity contribution in [1.82, 2.24) is 5.32 Å². The molecule has 0 bridgehead atoms. The van der Waals surface area contributed by atoms with Crippen molar-refractivity contribution in [3.8, 4) is 0 Å². The topological polar surface area (TPSA) is 41.1 Å². The number of rotatable bonds is 3. The van der Waals surface area contributed by atoms with Gasteiger partial charge in [0, 0.05) is 21.4 Å². The molecule has 1 fully saturated rings. The molecule has 3 rings (SSSR count). The molecule has 1 atom stereocenters. The molecule has 20 heavy (non-hydrogen) atoms. The van der Waals surface area contributed by atoms with E-state index in [9.17, 15) is 4.79 Å².